The van der Waals surface area contributed by atoms with Crippen LogP contribution in [0.2, 0.25) is 0 Å². The second-order valence-corrected chi connectivity index (χ2v) is 9.51. The van der Waals surface area contributed by atoms with Crippen molar-refractivity contribution in [3.05, 3.63) is 95.8 Å². The number of rotatable bonds is 7. The summed E-state index contributed by atoms with van der Waals surface area (Å²) < 4.78 is 0. The van der Waals surface area contributed by atoms with Gasteiger partial charge in [0.2, 0.25) is 11.8 Å². The van der Waals surface area contributed by atoms with Crippen LogP contribution in [0.15, 0.2) is 79.1 Å². The van der Waals surface area contributed by atoms with E-state index in [0.717, 1.165) is 16.7 Å². The van der Waals surface area contributed by atoms with E-state index in [1.54, 1.807) is 58.5 Å². The summed E-state index contributed by atoms with van der Waals surface area (Å²) in [6.45, 7) is 0.970. The largest absolute Gasteiger partial charge is 0.508 e. The van der Waals surface area contributed by atoms with Crippen LogP contribution in [-0.4, -0.2) is 80.1 Å². The van der Waals surface area contributed by atoms with Crippen LogP contribution < -0.4 is 5.32 Å². The molecule has 196 valence electrons. The van der Waals surface area contributed by atoms with Crippen molar-refractivity contribution in [2.45, 2.75) is 31.7 Å². The number of hydrogen-bond donors (Lipinski definition) is 2. The first-order valence-corrected chi connectivity index (χ1v) is 12.5. The van der Waals surface area contributed by atoms with Gasteiger partial charge in [-0.25, -0.2) is 4.79 Å². The van der Waals surface area contributed by atoms with Crippen molar-refractivity contribution in [1.29, 1.82) is 0 Å². The summed E-state index contributed by atoms with van der Waals surface area (Å²) in [5.41, 5.74) is 2.72. The number of hydrogen-bond acceptors (Lipinski definition) is 6. The lowest BCUT2D eigenvalue weighted by molar-refractivity contribution is -0.157. The molecule has 3 heterocycles. The van der Waals surface area contributed by atoms with Crippen LogP contribution in [0.25, 0.3) is 0 Å². The van der Waals surface area contributed by atoms with Crippen LogP contribution in [0, 0.1) is 0 Å². The Kier molecular flexibility index (Phi) is 7.23. The number of urea groups is 1. The first-order chi connectivity index (χ1) is 18.4. The van der Waals surface area contributed by atoms with Gasteiger partial charge in [-0.2, -0.15) is 5.01 Å². The number of hydrazine groups is 1. The van der Waals surface area contributed by atoms with Crippen molar-refractivity contribution in [3.63, 3.8) is 0 Å². The second-order valence-electron chi connectivity index (χ2n) is 9.51. The van der Waals surface area contributed by atoms with Crippen LogP contribution in [-0.2, 0) is 29.1 Å². The predicted molar refractivity (Wildman–Crippen MR) is 139 cm³/mol. The Morgan fingerprint density at radius 1 is 1.00 bits per heavy atom. The minimum atomic E-state index is -0.738. The number of phenolic OH excluding ortho intramolecular Hbond substituents is 1. The number of phenols is 1. The number of carbonyl (C=O) groups excluding carboxylic acids is 3. The molecule has 4 amide bonds. The molecule has 0 aliphatic carbocycles. The molecule has 2 aromatic carbocycles. The zero-order valence-electron chi connectivity index (χ0n) is 21.1. The normalized spacial score (nSPS) is 19.4. The highest BCUT2D eigenvalue weighted by Crippen LogP contribution is 2.30. The summed E-state index contributed by atoms with van der Waals surface area (Å²) in [6.07, 6.45) is 3.16. The Morgan fingerprint density at radius 2 is 1.71 bits per heavy atom. The third-order valence-electron chi connectivity index (χ3n) is 7.02. The number of benzene rings is 2. The van der Waals surface area contributed by atoms with Crippen molar-refractivity contribution in [2.24, 2.45) is 0 Å². The number of aromatic hydroxyl groups is 1. The summed E-state index contributed by atoms with van der Waals surface area (Å²) in [6, 6.07) is 18.9. The molecule has 1 aromatic heterocycles. The standard InChI is InChI=1S/C28H30N6O4/c1-31(28(38)30-16-21-5-3-2-4-6-21)33-19-26(36)34-24(15-20-7-9-23(35)10-8-20)27(37)32(18-25(33)34)17-22-11-13-29-14-12-22/h2-14,24-25,35H,15-19H2,1H3,(H,30,38)/t24-,25+/m0/s1. The van der Waals surface area contributed by atoms with E-state index in [1.807, 2.05) is 42.5 Å². The summed E-state index contributed by atoms with van der Waals surface area (Å²) in [7, 11) is 1.63. The van der Waals surface area contributed by atoms with Crippen LogP contribution in [0.3, 0.4) is 0 Å². The van der Waals surface area contributed by atoms with Crippen molar-refractivity contribution >= 4 is 17.8 Å². The molecule has 10 heteroatoms. The van der Waals surface area contributed by atoms with E-state index in [2.05, 4.69) is 10.3 Å². The Bertz CT molecular complexity index is 1290. The number of carbonyl (C=O) groups is 3. The number of nitrogens with one attached hydrogen (secondary N) is 1. The summed E-state index contributed by atoms with van der Waals surface area (Å²) in [5, 5.41) is 15.7. The first-order valence-electron chi connectivity index (χ1n) is 12.5. The second kappa shape index (κ2) is 10.9. The highest BCUT2D eigenvalue weighted by atomic mass is 16.3. The number of aromatic nitrogens is 1. The Labute approximate surface area is 221 Å². The summed E-state index contributed by atoms with van der Waals surface area (Å²) in [5.74, 6) is -0.233. The fourth-order valence-electron chi connectivity index (χ4n) is 5.02. The molecule has 3 aromatic rings. The number of piperazine rings is 1. The average molecular weight is 515 g/mol. The maximum Gasteiger partial charge on any atom is 0.332 e. The van der Waals surface area contributed by atoms with Gasteiger partial charge in [0.25, 0.3) is 0 Å². The summed E-state index contributed by atoms with van der Waals surface area (Å²) in [4.78, 5) is 47.5. The first kappa shape index (κ1) is 25.2. The van der Waals surface area contributed by atoms with E-state index in [9.17, 15) is 19.5 Å². The molecule has 2 fully saturated rings. The van der Waals surface area contributed by atoms with E-state index in [4.69, 9.17) is 0 Å². The minimum absolute atomic E-state index is 0.0115. The van der Waals surface area contributed by atoms with Gasteiger partial charge in [-0.3, -0.25) is 19.6 Å². The Hall–Kier alpha value is -4.44. The number of fused-ring (bicyclic) bond motifs is 1. The molecule has 0 radical (unpaired) electrons. The van der Waals surface area contributed by atoms with Gasteiger partial charge >= 0.3 is 6.03 Å². The van der Waals surface area contributed by atoms with Crippen molar-refractivity contribution in [1.82, 2.24) is 30.1 Å². The van der Waals surface area contributed by atoms with Gasteiger partial charge < -0.3 is 20.2 Å². The number of pyridine rings is 1. The molecule has 2 saturated heterocycles. The molecule has 0 saturated carbocycles. The number of amides is 4. The van der Waals surface area contributed by atoms with Gasteiger partial charge in [-0.05, 0) is 41.0 Å². The van der Waals surface area contributed by atoms with Gasteiger partial charge in [0.05, 0.1) is 13.1 Å². The van der Waals surface area contributed by atoms with E-state index < -0.39 is 12.2 Å². The minimum Gasteiger partial charge on any atom is -0.508 e. The SMILES string of the molecule is CN(C(=O)NCc1ccccc1)N1CC(=O)N2[C@@H](Cc3ccc(O)cc3)C(=O)N(Cc3ccncc3)C[C@@H]21. The van der Waals surface area contributed by atoms with Gasteiger partial charge in [-0.15, -0.1) is 0 Å². The molecule has 10 nitrogen and oxygen atoms in total. The molecule has 0 bridgehead atoms. The Morgan fingerprint density at radius 3 is 2.42 bits per heavy atom. The van der Waals surface area contributed by atoms with Gasteiger partial charge in [0.1, 0.15) is 18.0 Å². The lowest BCUT2D eigenvalue weighted by Crippen LogP contribution is -2.65. The fourth-order valence-corrected chi connectivity index (χ4v) is 5.02. The predicted octanol–water partition coefficient (Wildman–Crippen LogP) is 1.97. The van der Waals surface area contributed by atoms with E-state index in [-0.39, 0.29) is 36.7 Å². The number of nitrogens with zero attached hydrogens (tertiary/aromatic N) is 5. The maximum absolute atomic E-state index is 13.7. The zero-order valence-corrected chi connectivity index (χ0v) is 21.1. The third-order valence-corrected chi connectivity index (χ3v) is 7.02. The highest BCUT2D eigenvalue weighted by molar-refractivity contribution is 5.91. The molecule has 5 rings (SSSR count). The molecule has 2 N–H and O–H groups in total. The van der Waals surface area contributed by atoms with Crippen LogP contribution in [0.1, 0.15) is 16.7 Å². The Balaban J connectivity index is 1.38. The van der Waals surface area contributed by atoms with Crippen LogP contribution >= 0.6 is 0 Å². The molecule has 2 aliphatic rings. The van der Waals surface area contributed by atoms with Crippen molar-refractivity contribution in [3.8, 4) is 5.75 Å². The molecular weight excluding hydrogens is 484 g/mol. The molecule has 2 aliphatic heterocycles. The molecule has 0 spiro atoms. The lowest BCUT2D eigenvalue weighted by atomic mass is 10.00. The molecule has 38 heavy (non-hydrogen) atoms. The van der Waals surface area contributed by atoms with E-state index in [0.29, 0.717) is 19.5 Å². The van der Waals surface area contributed by atoms with E-state index >= 15 is 0 Å². The molecule has 2 atom stereocenters. The quantitative estimate of drug-likeness (QED) is 0.499. The zero-order chi connectivity index (χ0) is 26.6. The third kappa shape index (κ3) is 5.30. The average Bonchev–Trinajstić information content (AvgIpc) is 3.27. The monoisotopic (exact) mass is 514 g/mol. The maximum atomic E-state index is 13.7. The van der Waals surface area contributed by atoms with Crippen molar-refractivity contribution < 1.29 is 19.5 Å². The highest BCUT2D eigenvalue weighted by Gasteiger charge is 2.51. The fraction of sp³-hybridized carbons (Fsp3) is 0.286. The molecular formula is C28H30N6O4. The van der Waals surface area contributed by atoms with Gasteiger partial charge in [-0.1, -0.05) is 42.5 Å². The van der Waals surface area contributed by atoms with Crippen LogP contribution in [0.4, 0.5) is 4.79 Å². The van der Waals surface area contributed by atoms with Crippen molar-refractivity contribution in [2.75, 3.05) is 20.1 Å². The lowest BCUT2D eigenvalue weighted by Gasteiger charge is -2.45. The topological polar surface area (TPSA) is 109 Å². The van der Waals surface area contributed by atoms with E-state index in [1.165, 1.54) is 5.01 Å². The molecule has 0 unspecified atom stereocenters. The van der Waals surface area contributed by atoms with Gasteiger partial charge in [0.15, 0.2) is 0 Å². The van der Waals surface area contributed by atoms with Crippen LogP contribution in [0.5, 0.6) is 5.75 Å². The van der Waals surface area contributed by atoms with Gasteiger partial charge in [0, 0.05) is 39.0 Å². The summed E-state index contributed by atoms with van der Waals surface area (Å²) >= 11 is 0. The smallest absolute Gasteiger partial charge is 0.332 e.